The van der Waals surface area contributed by atoms with Gasteiger partial charge in [0.2, 0.25) is 0 Å². The first-order valence-corrected chi connectivity index (χ1v) is 8.28. The molecule has 2 N–H and O–H groups in total. The molecule has 1 unspecified atom stereocenters. The number of aromatic nitrogens is 1. The maximum Gasteiger partial charge on any atom is 0.418 e. The Morgan fingerprint density at radius 1 is 1.30 bits per heavy atom. The molecule has 2 heterocycles. The van der Waals surface area contributed by atoms with Gasteiger partial charge in [-0.2, -0.15) is 13.2 Å². The van der Waals surface area contributed by atoms with Crippen molar-refractivity contribution in [3.63, 3.8) is 0 Å². The van der Waals surface area contributed by atoms with Gasteiger partial charge in [-0.15, -0.1) is 0 Å². The molecule has 1 fully saturated rings. The summed E-state index contributed by atoms with van der Waals surface area (Å²) in [5, 5.41) is 2.81. The number of hydrogen-bond acceptors (Lipinski definition) is 4. The van der Waals surface area contributed by atoms with Crippen LogP contribution in [-0.2, 0) is 10.9 Å². The van der Waals surface area contributed by atoms with Crippen LogP contribution in [0.2, 0.25) is 0 Å². The van der Waals surface area contributed by atoms with Gasteiger partial charge in [0.25, 0.3) is 5.91 Å². The van der Waals surface area contributed by atoms with E-state index in [4.69, 9.17) is 0 Å². The molecule has 1 aromatic carbocycles. The number of benzene rings is 1. The number of aromatic amines is 1. The van der Waals surface area contributed by atoms with E-state index < -0.39 is 17.7 Å². The number of methoxy groups -OCH3 is 1. The van der Waals surface area contributed by atoms with Gasteiger partial charge in [-0.25, -0.2) is 4.79 Å². The lowest BCUT2D eigenvalue weighted by Gasteiger charge is -2.24. The van der Waals surface area contributed by atoms with Gasteiger partial charge in [-0.05, 0) is 36.8 Å². The highest BCUT2D eigenvalue weighted by atomic mass is 19.4. The molecule has 0 aliphatic carbocycles. The molecule has 0 spiro atoms. The minimum atomic E-state index is -4.62. The van der Waals surface area contributed by atoms with E-state index in [-0.39, 0.29) is 29.7 Å². The van der Waals surface area contributed by atoms with E-state index in [9.17, 15) is 22.8 Å². The molecule has 2 aromatic rings. The molecule has 144 valence electrons. The minimum absolute atomic E-state index is 0.0215. The molecule has 1 amide bonds. The van der Waals surface area contributed by atoms with Crippen molar-refractivity contribution in [3.05, 3.63) is 53.3 Å². The Kier molecular flexibility index (Phi) is 5.11. The molecule has 3 rings (SSSR count). The van der Waals surface area contributed by atoms with E-state index in [0.29, 0.717) is 18.7 Å². The first-order chi connectivity index (χ1) is 12.8. The monoisotopic (exact) mass is 381 g/mol. The molecule has 0 radical (unpaired) electrons. The number of carbonyl (C=O) groups excluding carboxylic acids is 2. The van der Waals surface area contributed by atoms with Crippen LogP contribution in [0.3, 0.4) is 0 Å². The number of esters is 1. The largest absolute Gasteiger partial charge is 0.465 e. The summed E-state index contributed by atoms with van der Waals surface area (Å²) >= 11 is 0. The second-order valence-electron chi connectivity index (χ2n) is 6.21. The summed E-state index contributed by atoms with van der Waals surface area (Å²) in [5.41, 5.74) is -0.690. The maximum absolute atomic E-state index is 13.5. The summed E-state index contributed by atoms with van der Waals surface area (Å²) < 4.78 is 45.0. The molecule has 1 aliphatic heterocycles. The van der Waals surface area contributed by atoms with Crippen molar-refractivity contribution < 1.29 is 27.5 Å². The van der Waals surface area contributed by atoms with Gasteiger partial charge in [-0.1, -0.05) is 0 Å². The molecule has 1 saturated heterocycles. The van der Waals surface area contributed by atoms with Crippen LogP contribution in [0.25, 0.3) is 0 Å². The summed E-state index contributed by atoms with van der Waals surface area (Å²) in [6.07, 6.45) is -2.48. The fraction of sp³-hybridized carbons (Fsp3) is 0.333. The zero-order valence-corrected chi connectivity index (χ0v) is 14.5. The van der Waals surface area contributed by atoms with Crippen LogP contribution in [0.1, 0.15) is 32.8 Å². The van der Waals surface area contributed by atoms with Crippen molar-refractivity contribution in [1.82, 2.24) is 10.3 Å². The molecule has 0 bridgehead atoms. The van der Waals surface area contributed by atoms with E-state index in [2.05, 4.69) is 15.0 Å². The SMILES string of the molecule is COC(=O)c1ccc(N2CCC(NC(=O)c3ccc[nH]3)C2)c(C(F)(F)F)c1. The lowest BCUT2D eigenvalue weighted by Crippen LogP contribution is -2.37. The molecular weight excluding hydrogens is 363 g/mol. The van der Waals surface area contributed by atoms with E-state index in [0.717, 1.165) is 13.2 Å². The summed E-state index contributed by atoms with van der Waals surface area (Å²) in [6, 6.07) is 6.41. The Labute approximate surface area is 153 Å². The van der Waals surface area contributed by atoms with Gasteiger partial charge in [0, 0.05) is 31.0 Å². The highest BCUT2D eigenvalue weighted by molar-refractivity contribution is 5.92. The summed E-state index contributed by atoms with van der Waals surface area (Å²) in [4.78, 5) is 28.0. The average Bonchev–Trinajstić information content (AvgIpc) is 3.31. The highest BCUT2D eigenvalue weighted by Crippen LogP contribution is 2.38. The van der Waals surface area contributed by atoms with Crippen molar-refractivity contribution >= 4 is 17.6 Å². The quantitative estimate of drug-likeness (QED) is 0.799. The second-order valence-corrected chi connectivity index (χ2v) is 6.21. The van der Waals surface area contributed by atoms with Crippen molar-refractivity contribution in [2.24, 2.45) is 0 Å². The van der Waals surface area contributed by atoms with Crippen LogP contribution in [0.5, 0.6) is 0 Å². The number of H-pyrrole nitrogens is 1. The number of anilines is 1. The van der Waals surface area contributed by atoms with Gasteiger partial charge in [0.15, 0.2) is 0 Å². The maximum atomic E-state index is 13.5. The summed E-state index contributed by atoms with van der Waals surface area (Å²) in [5.74, 6) is -1.13. The highest BCUT2D eigenvalue weighted by Gasteiger charge is 2.37. The second kappa shape index (κ2) is 7.34. The average molecular weight is 381 g/mol. The third-order valence-corrected chi connectivity index (χ3v) is 4.43. The van der Waals surface area contributed by atoms with Crippen molar-refractivity contribution in [2.75, 3.05) is 25.1 Å². The van der Waals surface area contributed by atoms with Gasteiger partial charge < -0.3 is 19.9 Å². The van der Waals surface area contributed by atoms with Gasteiger partial charge in [0.1, 0.15) is 5.69 Å². The third kappa shape index (κ3) is 4.07. The topological polar surface area (TPSA) is 74.4 Å². The van der Waals surface area contributed by atoms with E-state index >= 15 is 0 Å². The number of carbonyl (C=O) groups is 2. The molecule has 1 atom stereocenters. The molecule has 27 heavy (non-hydrogen) atoms. The lowest BCUT2D eigenvalue weighted by atomic mass is 10.1. The Morgan fingerprint density at radius 3 is 2.70 bits per heavy atom. The fourth-order valence-corrected chi connectivity index (χ4v) is 3.12. The van der Waals surface area contributed by atoms with Crippen LogP contribution in [0, 0.1) is 0 Å². The van der Waals surface area contributed by atoms with E-state index in [1.54, 1.807) is 23.2 Å². The molecule has 0 saturated carbocycles. The lowest BCUT2D eigenvalue weighted by molar-refractivity contribution is -0.137. The third-order valence-electron chi connectivity index (χ3n) is 4.43. The summed E-state index contributed by atoms with van der Waals surface area (Å²) in [6.45, 7) is 0.601. The Balaban J connectivity index is 1.78. The van der Waals surface area contributed by atoms with Crippen LogP contribution in [0.4, 0.5) is 18.9 Å². The first kappa shape index (κ1) is 18.8. The molecule has 1 aliphatic rings. The normalized spacial score (nSPS) is 17.0. The molecule has 1 aromatic heterocycles. The smallest absolute Gasteiger partial charge is 0.418 e. The van der Waals surface area contributed by atoms with Crippen molar-refractivity contribution in [3.8, 4) is 0 Å². The van der Waals surface area contributed by atoms with Crippen molar-refractivity contribution in [2.45, 2.75) is 18.6 Å². The summed E-state index contributed by atoms with van der Waals surface area (Å²) in [7, 11) is 1.11. The fourth-order valence-electron chi connectivity index (χ4n) is 3.12. The number of halogens is 3. The van der Waals surface area contributed by atoms with Gasteiger partial charge in [-0.3, -0.25) is 4.79 Å². The number of nitrogens with zero attached hydrogens (tertiary/aromatic N) is 1. The number of hydrogen-bond donors (Lipinski definition) is 2. The standard InChI is InChI=1S/C18H18F3N3O3/c1-27-17(26)11-4-5-15(13(9-11)18(19,20)21)24-8-6-12(10-24)23-16(25)14-3-2-7-22-14/h2-5,7,9,12,22H,6,8,10H2,1H3,(H,23,25). The van der Waals surface area contributed by atoms with Crippen LogP contribution < -0.4 is 10.2 Å². The zero-order chi connectivity index (χ0) is 19.6. The Hall–Kier alpha value is -2.97. The van der Waals surface area contributed by atoms with E-state index in [1.165, 1.54) is 12.1 Å². The van der Waals surface area contributed by atoms with Gasteiger partial charge >= 0.3 is 12.1 Å². The molecule has 9 heteroatoms. The van der Waals surface area contributed by atoms with E-state index in [1.807, 2.05) is 0 Å². The van der Waals surface area contributed by atoms with Crippen LogP contribution in [0.15, 0.2) is 36.5 Å². The first-order valence-electron chi connectivity index (χ1n) is 8.28. The molecular formula is C18H18F3N3O3. The Bertz CT molecular complexity index is 834. The predicted octanol–water partition coefficient (Wildman–Crippen LogP) is 2.83. The Morgan fingerprint density at radius 2 is 2.07 bits per heavy atom. The predicted molar refractivity (Wildman–Crippen MR) is 91.7 cm³/mol. The number of rotatable bonds is 4. The number of amides is 1. The van der Waals surface area contributed by atoms with Crippen molar-refractivity contribution in [1.29, 1.82) is 0 Å². The van der Waals surface area contributed by atoms with Crippen LogP contribution in [-0.4, -0.2) is 43.1 Å². The number of alkyl halides is 3. The number of ether oxygens (including phenoxy) is 1. The zero-order valence-electron chi connectivity index (χ0n) is 14.5. The molecule has 6 nitrogen and oxygen atoms in total. The minimum Gasteiger partial charge on any atom is -0.465 e. The van der Waals surface area contributed by atoms with Crippen LogP contribution >= 0.6 is 0 Å². The van der Waals surface area contributed by atoms with Gasteiger partial charge in [0.05, 0.1) is 18.2 Å². The number of nitrogens with one attached hydrogen (secondary N) is 2.